The smallest absolute Gasteiger partial charge is 0.164 e. The Labute approximate surface area is 185 Å². The van der Waals surface area contributed by atoms with E-state index in [1.807, 2.05) is 60.7 Å². The third-order valence-electron chi connectivity index (χ3n) is 5.90. The number of hydrogen-bond donors (Lipinski definition) is 2. The summed E-state index contributed by atoms with van der Waals surface area (Å²) in [5.41, 5.74) is 4.51. The molecule has 1 saturated heterocycles. The van der Waals surface area contributed by atoms with E-state index < -0.39 is 17.6 Å². The van der Waals surface area contributed by atoms with Crippen molar-refractivity contribution in [3.05, 3.63) is 89.0 Å². The lowest BCUT2D eigenvalue weighted by Crippen LogP contribution is -2.25. The van der Waals surface area contributed by atoms with Gasteiger partial charge in [-0.3, -0.25) is 0 Å². The van der Waals surface area contributed by atoms with Gasteiger partial charge >= 0.3 is 0 Å². The van der Waals surface area contributed by atoms with E-state index in [0.717, 1.165) is 41.2 Å². The number of aliphatic hydroxyl groups is 1. The van der Waals surface area contributed by atoms with Crippen LogP contribution in [0.15, 0.2) is 66.7 Å². The third kappa shape index (κ3) is 4.29. The highest BCUT2D eigenvalue weighted by molar-refractivity contribution is 7.90. The van der Waals surface area contributed by atoms with Crippen molar-refractivity contribution in [3.8, 4) is 17.2 Å². The molecule has 4 atom stereocenters. The number of benzene rings is 3. The Morgan fingerprint density at radius 2 is 1.74 bits per heavy atom. The molecule has 0 bridgehead atoms. The second-order valence-electron chi connectivity index (χ2n) is 8.11. The first-order valence-corrected chi connectivity index (χ1v) is 11.8. The van der Waals surface area contributed by atoms with Crippen LogP contribution in [-0.4, -0.2) is 15.9 Å². The van der Waals surface area contributed by atoms with Gasteiger partial charge in [-0.15, -0.1) is 4.72 Å². The zero-order chi connectivity index (χ0) is 21.4. The Hall–Kier alpha value is -2.51. The Balaban J connectivity index is 1.30. The SMILES string of the molecule is Cc1ccc(Oc2cccc3c2CC[C@H]3Oc2ccc(C3CC(O)N[S+]3[O-])cc2)cc1. The van der Waals surface area contributed by atoms with Gasteiger partial charge in [0.05, 0.1) is 0 Å². The maximum Gasteiger partial charge on any atom is 0.164 e. The summed E-state index contributed by atoms with van der Waals surface area (Å²) in [6.45, 7) is 2.06. The minimum absolute atomic E-state index is 0.0217. The Morgan fingerprint density at radius 1 is 1.00 bits per heavy atom. The fourth-order valence-corrected chi connectivity index (χ4v) is 5.56. The molecule has 0 saturated carbocycles. The van der Waals surface area contributed by atoms with Gasteiger partial charge in [0.25, 0.3) is 0 Å². The molecule has 2 aliphatic rings. The Morgan fingerprint density at radius 3 is 2.45 bits per heavy atom. The molecular weight excluding hydrogens is 410 g/mol. The molecule has 31 heavy (non-hydrogen) atoms. The van der Waals surface area contributed by atoms with Crippen molar-refractivity contribution >= 4 is 11.4 Å². The number of aliphatic hydroxyl groups excluding tert-OH is 1. The normalized spacial score (nSPS) is 24.7. The average molecular weight is 436 g/mol. The van der Waals surface area contributed by atoms with Crippen LogP contribution in [0.25, 0.3) is 0 Å². The third-order valence-corrected chi connectivity index (χ3v) is 7.39. The molecule has 5 nitrogen and oxygen atoms in total. The topological polar surface area (TPSA) is 73.8 Å². The van der Waals surface area contributed by atoms with Gasteiger partial charge in [-0.25, -0.2) is 0 Å². The number of hydrogen-bond acceptors (Lipinski definition) is 5. The molecule has 0 spiro atoms. The van der Waals surface area contributed by atoms with Crippen molar-refractivity contribution in [1.82, 2.24) is 4.72 Å². The summed E-state index contributed by atoms with van der Waals surface area (Å²) in [5.74, 6) is 2.50. The number of rotatable bonds is 5. The zero-order valence-electron chi connectivity index (χ0n) is 17.3. The summed E-state index contributed by atoms with van der Waals surface area (Å²) in [6, 6.07) is 21.9. The van der Waals surface area contributed by atoms with E-state index in [9.17, 15) is 9.66 Å². The van der Waals surface area contributed by atoms with Crippen molar-refractivity contribution in [1.29, 1.82) is 0 Å². The fraction of sp³-hybridized carbons (Fsp3) is 0.280. The van der Waals surface area contributed by atoms with Crippen LogP contribution < -0.4 is 14.2 Å². The Kier molecular flexibility index (Phi) is 5.63. The van der Waals surface area contributed by atoms with Gasteiger partial charge in [-0.05, 0) is 55.7 Å². The second-order valence-corrected chi connectivity index (χ2v) is 9.51. The van der Waals surface area contributed by atoms with Crippen LogP contribution in [0.2, 0.25) is 0 Å². The molecule has 3 aromatic rings. The molecule has 1 aliphatic heterocycles. The standard InChI is InChI=1S/C25H25NO4S/c1-16-5-9-18(10-6-16)29-22-4-2-3-20-21(22)13-14-23(20)30-19-11-7-17(8-12-19)24-15-25(27)26-31(24)28/h2-12,23-27H,13-15H2,1H3/t23-,24?,25?,31?/m1/s1. The van der Waals surface area contributed by atoms with Gasteiger partial charge in [0, 0.05) is 28.9 Å². The monoisotopic (exact) mass is 435 g/mol. The molecule has 2 N–H and O–H groups in total. The first kappa shape index (κ1) is 20.4. The molecular formula is C25H25NO4S. The summed E-state index contributed by atoms with van der Waals surface area (Å²) in [5, 5.41) is 9.46. The Bertz CT molecular complexity index is 1050. The van der Waals surface area contributed by atoms with Gasteiger partial charge in [0.15, 0.2) is 11.5 Å². The number of aryl methyl sites for hydroxylation is 1. The zero-order valence-corrected chi connectivity index (χ0v) is 18.1. The second kappa shape index (κ2) is 8.55. The van der Waals surface area contributed by atoms with E-state index in [0.29, 0.717) is 6.42 Å². The minimum Gasteiger partial charge on any atom is -0.598 e. The van der Waals surface area contributed by atoms with Crippen LogP contribution in [0.4, 0.5) is 0 Å². The summed E-state index contributed by atoms with van der Waals surface area (Å²) in [4.78, 5) is 0. The molecule has 1 aliphatic carbocycles. The van der Waals surface area contributed by atoms with Gasteiger partial charge in [-0.2, -0.15) is 0 Å². The molecule has 1 fully saturated rings. The van der Waals surface area contributed by atoms with Gasteiger partial charge in [-0.1, -0.05) is 42.0 Å². The van der Waals surface area contributed by atoms with Crippen molar-refractivity contribution in [3.63, 3.8) is 0 Å². The van der Waals surface area contributed by atoms with Crippen LogP contribution in [0.5, 0.6) is 17.2 Å². The van der Waals surface area contributed by atoms with E-state index >= 15 is 0 Å². The quantitative estimate of drug-likeness (QED) is 0.560. The number of ether oxygens (including phenoxy) is 2. The van der Waals surface area contributed by atoms with Gasteiger partial charge in [0.1, 0.15) is 23.4 Å². The molecule has 5 rings (SSSR count). The summed E-state index contributed by atoms with van der Waals surface area (Å²) < 4.78 is 27.2. The molecule has 0 amide bonds. The number of nitrogens with one attached hydrogen (secondary N) is 1. The highest BCUT2D eigenvalue weighted by Crippen LogP contribution is 2.41. The fourth-order valence-electron chi connectivity index (χ4n) is 4.27. The lowest BCUT2D eigenvalue weighted by molar-refractivity contribution is 0.165. The van der Waals surface area contributed by atoms with Crippen LogP contribution in [-0.2, 0) is 17.8 Å². The number of fused-ring (bicyclic) bond motifs is 1. The van der Waals surface area contributed by atoms with Crippen LogP contribution in [0, 0.1) is 6.92 Å². The molecule has 3 unspecified atom stereocenters. The van der Waals surface area contributed by atoms with Crippen molar-refractivity contribution < 1.29 is 19.1 Å². The molecule has 1 heterocycles. The molecule has 0 radical (unpaired) electrons. The lowest BCUT2D eigenvalue weighted by Gasteiger charge is -2.17. The van der Waals surface area contributed by atoms with E-state index in [-0.39, 0.29) is 11.4 Å². The van der Waals surface area contributed by atoms with Crippen molar-refractivity contribution in [2.75, 3.05) is 0 Å². The predicted molar refractivity (Wildman–Crippen MR) is 120 cm³/mol. The maximum absolute atomic E-state index is 12.1. The highest BCUT2D eigenvalue weighted by atomic mass is 32.2. The first-order chi connectivity index (χ1) is 15.1. The van der Waals surface area contributed by atoms with E-state index in [4.69, 9.17) is 9.47 Å². The summed E-state index contributed by atoms with van der Waals surface area (Å²) in [7, 11) is 0. The lowest BCUT2D eigenvalue weighted by atomic mass is 10.1. The van der Waals surface area contributed by atoms with E-state index in [2.05, 4.69) is 17.7 Å². The average Bonchev–Trinajstić information content (AvgIpc) is 3.33. The van der Waals surface area contributed by atoms with Crippen LogP contribution in [0.1, 0.15) is 46.4 Å². The van der Waals surface area contributed by atoms with E-state index in [1.165, 1.54) is 11.1 Å². The highest BCUT2D eigenvalue weighted by Gasteiger charge is 2.37. The first-order valence-electron chi connectivity index (χ1n) is 10.5. The summed E-state index contributed by atoms with van der Waals surface area (Å²) in [6.07, 6.45) is 1.52. The molecule has 0 aromatic heterocycles. The van der Waals surface area contributed by atoms with E-state index in [1.54, 1.807) is 0 Å². The molecule has 160 valence electrons. The maximum atomic E-state index is 12.1. The molecule has 6 heteroatoms. The van der Waals surface area contributed by atoms with Crippen molar-refractivity contribution in [2.45, 2.75) is 43.8 Å². The van der Waals surface area contributed by atoms with Gasteiger partial charge in [0.2, 0.25) is 0 Å². The molecule has 3 aromatic carbocycles. The van der Waals surface area contributed by atoms with Crippen LogP contribution in [0.3, 0.4) is 0 Å². The summed E-state index contributed by atoms with van der Waals surface area (Å²) >= 11 is -1.26. The largest absolute Gasteiger partial charge is 0.598 e. The van der Waals surface area contributed by atoms with Crippen molar-refractivity contribution in [2.24, 2.45) is 0 Å². The van der Waals surface area contributed by atoms with Gasteiger partial charge < -0.3 is 19.1 Å². The van der Waals surface area contributed by atoms with Crippen LogP contribution >= 0.6 is 0 Å². The predicted octanol–water partition coefficient (Wildman–Crippen LogP) is 4.87. The minimum atomic E-state index is -1.26.